The first-order valence-electron chi connectivity index (χ1n) is 13.5. The minimum Gasteiger partial charge on any atom is -0.497 e. The van der Waals surface area contributed by atoms with E-state index in [2.05, 4.69) is 10.2 Å². The van der Waals surface area contributed by atoms with Gasteiger partial charge in [-0.3, -0.25) is 9.69 Å². The number of anilines is 1. The zero-order valence-corrected chi connectivity index (χ0v) is 22.7. The maximum Gasteiger partial charge on any atom is 0.321 e. The number of hydrogen-bond acceptors (Lipinski definition) is 6. The van der Waals surface area contributed by atoms with Crippen LogP contribution in [0, 0.1) is 5.82 Å². The van der Waals surface area contributed by atoms with Crippen LogP contribution in [0.4, 0.5) is 14.9 Å². The summed E-state index contributed by atoms with van der Waals surface area (Å²) in [7, 11) is 3.56. The minimum atomic E-state index is -0.521. The molecule has 40 heavy (non-hydrogen) atoms. The standard InChI is InChI=1S/C29H34FN5O5/c1-32-23-13-21(39-2)6-7-22(23)26-27(32)24(15-36)35(25(37)14-33-8-10-40-11-9-33)18-29(26)16-34(17-29)28(38)31-20-5-3-4-19(30)12-20/h3-7,12-13,24,36H,8-11,14-18H2,1-2H3,(H,31,38)/t24-/m1/s1. The van der Waals surface area contributed by atoms with E-state index in [9.17, 15) is 19.1 Å². The van der Waals surface area contributed by atoms with Crippen molar-refractivity contribution in [2.75, 3.05) is 71.5 Å². The normalized spacial score (nSPS) is 20.4. The predicted molar refractivity (Wildman–Crippen MR) is 147 cm³/mol. The molecule has 2 aromatic carbocycles. The molecule has 0 unspecified atom stereocenters. The molecule has 212 valence electrons. The Bertz CT molecular complexity index is 1450. The van der Waals surface area contributed by atoms with Crippen LogP contribution < -0.4 is 10.1 Å². The molecule has 4 heterocycles. The van der Waals surface area contributed by atoms with E-state index in [-0.39, 0.29) is 25.1 Å². The number of methoxy groups -OCH3 is 1. The maximum absolute atomic E-state index is 13.8. The number of nitrogens with one attached hydrogen (secondary N) is 1. The number of rotatable bonds is 5. The molecule has 6 rings (SSSR count). The molecule has 3 aromatic rings. The number of amides is 3. The number of urea groups is 1. The van der Waals surface area contributed by atoms with Gasteiger partial charge in [0.05, 0.1) is 50.4 Å². The van der Waals surface area contributed by atoms with Crippen molar-refractivity contribution in [2.45, 2.75) is 11.5 Å². The number of likely N-dealkylation sites (tertiary alicyclic amines) is 1. The van der Waals surface area contributed by atoms with Gasteiger partial charge in [0.15, 0.2) is 0 Å². The number of nitrogens with zero attached hydrogens (tertiary/aromatic N) is 4. The van der Waals surface area contributed by atoms with Gasteiger partial charge in [-0.1, -0.05) is 6.07 Å². The van der Waals surface area contributed by atoms with Crippen molar-refractivity contribution >= 4 is 28.5 Å². The highest BCUT2D eigenvalue weighted by Crippen LogP contribution is 2.49. The van der Waals surface area contributed by atoms with Crippen LogP contribution in [0.1, 0.15) is 17.3 Å². The average molecular weight is 552 g/mol. The zero-order valence-electron chi connectivity index (χ0n) is 22.7. The molecule has 3 amide bonds. The van der Waals surface area contributed by atoms with E-state index in [1.54, 1.807) is 29.0 Å². The van der Waals surface area contributed by atoms with Crippen LogP contribution in [0.2, 0.25) is 0 Å². The topological polar surface area (TPSA) is 99.5 Å². The third kappa shape index (κ3) is 4.47. The van der Waals surface area contributed by atoms with Gasteiger partial charge in [0.1, 0.15) is 11.6 Å². The summed E-state index contributed by atoms with van der Waals surface area (Å²) in [4.78, 5) is 32.4. The van der Waals surface area contributed by atoms with Crippen molar-refractivity contribution in [1.29, 1.82) is 0 Å². The first kappa shape index (κ1) is 26.5. The van der Waals surface area contributed by atoms with Gasteiger partial charge in [0.2, 0.25) is 5.91 Å². The number of aliphatic hydroxyl groups excluding tert-OH is 1. The van der Waals surface area contributed by atoms with E-state index < -0.39 is 17.3 Å². The Balaban J connectivity index is 1.35. The lowest BCUT2D eigenvalue weighted by Crippen LogP contribution is -2.69. The molecule has 1 aromatic heterocycles. The molecule has 2 saturated heterocycles. The summed E-state index contributed by atoms with van der Waals surface area (Å²) in [5.74, 6) is 0.229. The van der Waals surface area contributed by atoms with Crippen molar-refractivity contribution in [3.05, 3.63) is 59.5 Å². The number of aliphatic hydroxyl groups is 1. The molecule has 0 radical (unpaired) electrons. The molecule has 10 nitrogen and oxygen atoms in total. The Labute approximate surface area is 231 Å². The number of halogens is 1. The summed E-state index contributed by atoms with van der Waals surface area (Å²) in [5, 5.41) is 14.4. The summed E-state index contributed by atoms with van der Waals surface area (Å²) in [6.45, 7) is 3.70. The van der Waals surface area contributed by atoms with Crippen molar-refractivity contribution < 1.29 is 28.6 Å². The number of morpholine rings is 1. The number of aryl methyl sites for hydroxylation is 1. The quantitative estimate of drug-likeness (QED) is 0.505. The van der Waals surface area contributed by atoms with Crippen molar-refractivity contribution in [1.82, 2.24) is 19.3 Å². The van der Waals surface area contributed by atoms with Gasteiger partial charge in [0, 0.05) is 62.6 Å². The van der Waals surface area contributed by atoms with Crippen molar-refractivity contribution in [2.24, 2.45) is 7.05 Å². The highest BCUT2D eigenvalue weighted by molar-refractivity contribution is 5.93. The summed E-state index contributed by atoms with van der Waals surface area (Å²) in [6, 6.07) is 10.8. The molecule has 3 aliphatic rings. The van der Waals surface area contributed by atoms with Crippen LogP contribution in [0.3, 0.4) is 0 Å². The number of fused-ring (bicyclic) bond motifs is 4. The number of carbonyl (C=O) groups is 2. The molecule has 0 aliphatic carbocycles. The smallest absolute Gasteiger partial charge is 0.321 e. The van der Waals surface area contributed by atoms with Crippen LogP contribution in [-0.2, 0) is 22.0 Å². The summed E-state index contributed by atoms with van der Waals surface area (Å²) in [6.07, 6.45) is 0. The number of carbonyl (C=O) groups excluding carboxylic acids is 2. The Morgan fingerprint density at radius 2 is 1.93 bits per heavy atom. The molecule has 2 fully saturated rings. The second kappa shape index (κ2) is 10.4. The largest absolute Gasteiger partial charge is 0.497 e. The van der Waals surface area contributed by atoms with Gasteiger partial charge >= 0.3 is 6.03 Å². The Hall–Kier alpha value is -3.67. The van der Waals surface area contributed by atoms with Gasteiger partial charge in [-0.2, -0.15) is 0 Å². The van der Waals surface area contributed by atoms with Gasteiger partial charge in [-0.15, -0.1) is 0 Å². The third-order valence-corrected chi connectivity index (χ3v) is 8.45. The Morgan fingerprint density at radius 3 is 2.62 bits per heavy atom. The molecule has 3 aliphatic heterocycles. The molecular formula is C29H34FN5O5. The van der Waals surface area contributed by atoms with Crippen LogP contribution >= 0.6 is 0 Å². The van der Waals surface area contributed by atoms with Crippen molar-refractivity contribution in [3.8, 4) is 5.75 Å². The molecule has 1 spiro atoms. The first-order valence-corrected chi connectivity index (χ1v) is 13.5. The number of hydrogen-bond donors (Lipinski definition) is 2. The van der Waals surface area contributed by atoms with Crippen LogP contribution in [0.15, 0.2) is 42.5 Å². The summed E-state index contributed by atoms with van der Waals surface area (Å²) >= 11 is 0. The highest BCUT2D eigenvalue weighted by Gasteiger charge is 2.55. The SMILES string of the molecule is COc1ccc2c3c(n(C)c2c1)[C@@H](CO)N(C(=O)CN1CCOCC1)CC31CN(C(=O)Nc2cccc(F)c2)C1. The van der Waals surface area contributed by atoms with Crippen LogP contribution in [-0.4, -0.2) is 103 Å². The van der Waals surface area contributed by atoms with E-state index >= 15 is 0 Å². The fraction of sp³-hybridized carbons (Fsp3) is 0.448. The lowest BCUT2D eigenvalue weighted by molar-refractivity contribution is -0.140. The molecule has 0 saturated carbocycles. The highest BCUT2D eigenvalue weighted by atomic mass is 19.1. The second-order valence-corrected chi connectivity index (χ2v) is 10.9. The van der Waals surface area contributed by atoms with Gasteiger partial charge in [-0.25, -0.2) is 9.18 Å². The third-order valence-electron chi connectivity index (χ3n) is 8.45. The zero-order chi connectivity index (χ0) is 28.0. The molecule has 1 atom stereocenters. The van der Waals surface area contributed by atoms with Crippen LogP contribution in [0.5, 0.6) is 5.75 Å². The molecule has 2 N–H and O–H groups in total. The average Bonchev–Trinajstić information content (AvgIpc) is 3.23. The van der Waals surface area contributed by atoms with E-state index in [0.29, 0.717) is 57.4 Å². The maximum atomic E-state index is 13.8. The molecule has 11 heteroatoms. The molecular weight excluding hydrogens is 517 g/mol. The fourth-order valence-electron chi connectivity index (χ4n) is 6.52. The second-order valence-electron chi connectivity index (χ2n) is 10.9. The van der Waals surface area contributed by atoms with E-state index in [1.165, 1.54) is 12.1 Å². The number of benzene rings is 2. The van der Waals surface area contributed by atoms with Gasteiger partial charge in [0.25, 0.3) is 0 Å². The lowest BCUT2D eigenvalue weighted by Gasteiger charge is -2.56. The number of ether oxygens (including phenoxy) is 2. The number of aromatic nitrogens is 1. The summed E-state index contributed by atoms with van der Waals surface area (Å²) < 4.78 is 26.6. The fourth-order valence-corrected chi connectivity index (χ4v) is 6.52. The monoisotopic (exact) mass is 551 g/mol. The van der Waals surface area contributed by atoms with Gasteiger partial charge in [-0.05, 0) is 35.9 Å². The van der Waals surface area contributed by atoms with E-state index in [1.807, 2.05) is 29.8 Å². The predicted octanol–water partition coefficient (Wildman–Crippen LogP) is 2.32. The minimum absolute atomic E-state index is 0.0588. The van der Waals surface area contributed by atoms with E-state index in [0.717, 1.165) is 22.2 Å². The Morgan fingerprint density at radius 1 is 1.15 bits per heavy atom. The van der Waals surface area contributed by atoms with Crippen LogP contribution in [0.25, 0.3) is 10.9 Å². The lowest BCUT2D eigenvalue weighted by atomic mass is 9.68. The van der Waals surface area contributed by atoms with Crippen molar-refractivity contribution in [3.63, 3.8) is 0 Å². The van der Waals surface area contributed by atoms with E-state index in [4.69, 9.17) is 9.47 Å². The first-order chi connectivity index (χ1) is 19.3. The van der Waals surface area contributed by atoms with Gasteiger partial charge < -0.3 is 34.3 Å². The Kier molecular flexibility index (Phi) is 6.89. The summed E-state index contributed by atoms with van der Waals surface area (Å²) in [5.41, 5.74) is 2.73. The molecule has 0 bridgehead atoms.